The van der Waals surface area contributed by atoms with Crippen molar-refractivity contribution in [3.05, 3.63) is 72.5 Å². The van der Waals surface area contributed by atoms with Gasteiger partial charge in [0.25, 0.3) is 5.89 Å². The first-order valence-corrected chi connectivity index (χ1v) is 9.43. The zero-order valence-corrected chi connectivity index (χ0v) is 17.2. The molecule has 0 saturated heterocycles. The van der Waals surface area contributed by atoms with Crippen molar-refractivity contribution in [3.63, 3.8) is 0 Å². The van der Waals surface area contributed by atoms with Gasteiger partial charge in [-0.3, -0.25) is 4.98 Å². The van der Waals surface area contributed by atoms with Crippen LogP contribution in [0.3, 0.4) is 0 Å². The lowest BCUT2D eigenvalue weighted by molar-refractivity contribution is 0.0426. The fourth-order valence-corrected chi connectivity index (χ4v) is 2.76. The number of carbonyl (C=O) groups excluding carboxylic acids is 1. The van der Waals surface area contributed by atoms with E-state index in [0.717, 1.165) is 0 Å². The molecule has 0 fully saturated rings. The number of carbonyl (C=O) groups is 1. The maximum Gasteiger partial charge on any atom is 0.344 e. The fraction of sp³-hybridized carbons (Fsp3) is 0.136. The minimum atomic E-state index is -0.654. The van der Waals surface area contributed by atoms with Crippen LogP contribution in [0.25, 0.3) is 11.4 Å². The monoisotopic (exact) mass is 434 g/mol. The Morgan fingerprint density at radius 2 is 1.91 bits per heavy atom. The molecule has 0 N–H and O–H groups in total. The summed E-state index contributed by atoms with van der Waals surface area (Å²) in [6, 6.07) is 11.8. The van der Waals surface area contributed by atoms with Crippen LogP contribution in [0.1, 0.15) is 16.2 Å². The first-order chi connectivity index (χ1) is 15.7. The highest BCUT2D eigenvalue weighted by molar-refractivity contribution is 5.91. The minimum absolute atomic E-state index is 0.0969. The van der Waals surface area contributed by atoms with E-state index in [1.165, 1.54) is 19.5 Å². The molecular weight excluding hydrogens is 416 g/mol. The van der Waals surface area contributed by atoms with Gasteiger partial charge in [-0.2, -0.15) is 4.98 Å². The van der Waals surface area contributed by atoms with Gasteiger partial charge in [0.2, 0.25) is 11.7 Å². The van der Waals surface area contributed by atoms with Gasteiger partial charge in [0, 0.05) is 18.5 Å². The molecule has 0 saturated carbocycles. The van der Waals surface area contributed by atoms with Gasteiger partial charge >= 0.3 is 5.97 Å². The number of methoxy groups -OCH3 is 2. The van der Waals surface area contributed by atoms with E-state index in [2.05, 4.69) is 20.1 Å². The molecule has 3 aromatic heterocycles. The molecule has 10 heteroatoms. The molecule has 0 aliphatic carbocycles. The smallest absolute Gasteiger partial charge is 0.344 e. The van der Waals surface area contributed by atoms with Gasteiger partial charge in [-0.1, -0.05) is 5.16 Å². The molecule has 0 bridgehead atoms. The summed E-state index contributed by atoms with van der Waals surface area (Å²) in [6.45, 7) is -0.231. The third kappa shape index (κ3) is 4.64. The Hall–Kier alpha value is -4.47. The van der Waals surface area contributed by atoms with Gasteiger partial charge in [-0.05, 0) is 36.4 Å². The largest absolute Gasteiger partial charge is 0.497 e. The highest BCUT2D eigenvalue weighted by Crippen LogP contribution is 2.31. The van der Waals surface area contributed by atoms with Crippen LogP contribution in [-0.4, -0.2) is 40.3 Å². The van der Waals surface area contributed by atoms with E-state index in [-0.39, 0.29) is 29.8 Å². The first kappa shape index (κ1) is 20.8. The van der Waals surface area contributed by atoms with Crippen LogP contribution in [0.15, 0.2) is 65.6 Å². The maximum absolute atomic E-state index is 12.6. The van der Waals surface area contributed by atoms with Crippen molar-refractivity contribution in [1.29, 1.82) is 0 Å². The number of hydrogen-bond acceptors (Lipinski definition) is 10. The van der Waals surface area contributed by atoms with Crippen LogP contribution in [0.2, 0.25) is 0 Å². The summed E-state index contributed by atoms with van der Waals surface area (Å²) < 4.78 is 26.7. The predicted octanol–water partition coefficient (Wildman–Crippen LogP) is 3.69. The van der Waals surface area contributed by atoms with Crippen molar-refractivity contribution in [3.8, 4) is 34.5 Å². The number of esters is 1. The molecule has 0 radical (unpaired) electrons. The summed E-state index contributed by atoms with van der Waals surface area (Å²) in [6.07, 6.45) is 4.63. The molecule has 0 spiro atoms. The molecular formula is C22H18N4O6. The lowest BCUT2D eigenvalue weighted by atomic mass is 10.2. The summed E-state index contributed by atoms with van der Waals surface area (Å²) in [5.74, 6) is 1.43. The van der Waals surface area contributed by atoms with Crippen LogP contribution in [0.5, 0.6) is 23.1 Å². The Balaban J connectivity index is 1.46. The quantitative estimate of drug-likeness (QED) is 0.380. The molecule has 0 amide bonds. The van der Waals surface area contributed by atoms with Crippen molar-refractivity contribution in [2.75, 3.05) is 14.2 Å². The normalized spacial score (nSPS) is 10.4. The van der Waals surface area contributed by atoms with Crippen molar-refractivity contribution in [1.82, 2.24) is 20.1 Å². The van der Waals surface area contributed by atoms with Crippen LogP contribution < -0.4 is 14.2 Å². The Morgan fingerprint density at radius 3 is 2.69 bits per heavy atom. The highest BCUT2D eigenvalue weighted by Gasteiger charge is 2.19. The molecule has 0 unspecified atom stereocenters. The second-order valence-electron chi connectivity index (χ2n) is 6.30. The second kappa shape index (κ2) is 9.56. The molecule has 32 heavy (non-hydrogen) atoms. The summed E-state index contributed by atoms with van der Waals surface area (Å²) in [7, 11) is 3.09. The molecule has 0 atom stereocenters. The molecule has 4 aromatic rings. The van der Waals surface area contributed by atoms with Crippen molar-refractivity contribution >= 4 is 5.97 Å². The highest BCUT2D eigenvalue weighted by atomic mass is 16.6. The summed E-state index contributed by atoms with van der Waals surface area (Å²) in [5, 5.41) is 3.93. The Bertz CT molecular complexity index is 1210. The zero-order chi connectivity index (χ0) is 22.3. The Labute approximate surface area is 182 Å². The van der Waals surface area contributed by atoms with E-state index >= 15 is 0 Å². The molecule has 10 nitrogen and oxygen atoms in total. The number of ether oxygens (including phenoxy) is 4. The average Bonchev–Trinajstić information content (AvgIpc) is 3.32. The molecule has 4 rings (SSSR count). The van der Waals surface area contributed by atoms with Crippen LogP contribution in [-0.2, 0) is 11.3 Å². The minimum Gasteiger partial charge on any atom is -0.497 e. The summed E-state index contributed by atoms with van der Waals surface area (Å²) in [4.78, 5) is 24.9. The van der Waals surface area contributed by atoms with E-state index in [9.17, 15) is 4.79 Å². The van der Waals surface area contributed by atoms with Gasteiger partial charge in [0.1, 0.15) is 22.8 Å². The number of pyridine rings is 2. The molecule has 162 valence electrons. The third-order valence-corrected chi connectivity index (χ3v) is 4.28. The number of hydrogen-bond donors (Lipinski definition) is 0. The topological polar surface area (TPSA) is 119 Å². The van der Waals surface area contributed by atoms with Crippen LogP contribution in [0, 0.1) is 0 Å². The lowest BCUT2D eigenvalue weighted by Gasteiger charge is -2.08. The molecule has 0 aliphatic rings. The van der Waals surface area contributed by atoms with Crippen LogP contribution in [0.4, 0.5) is 0 Å². The van der Waals surface area contributed by atoms with Gasteiger partial charge in [-0.25, -0.2) is 9.78 Å². The van der Waals surface area contributed by atoms with Crippen molar-refractivity contribution in [2.24, 2.45) is 0 Å². The van der Waals surface area contributed by atoms with Gasteiger partial charge in [0.15, 0.2) is 6.61 Å². The maximum atomic E-state index is 12.6. The Kier molecular flexibility index (Phi) is 6.21. The summed E-state index contributed by atoms with van der Waals surface area (Å²) in [5.41, 5.74) is 0.752. The zero-order valence-electron chi connectivity index (χ0n) is 17.2. The predicted molar refractivity (Wildman–Crippen MR) is 111 cm³/mol. The Morgan fingerprint density at radius 1 is 1.03 bits per heavy atom. The molecule has 1 aromatic carbocycles. The van der Waals surface area contributed by atoms with E-state index in [1.807, 2.05) is 0 Å². The SMILES string of the molecule is COc1ccc(-c2noc(COC(=O)c3cccnc3Oc3cccnc3)n2)c(OC)c1. The van der Waals surface area contributed by atoms with Gasteiger partial charge in [0.05, 0.1) is 26.0 Å². The molecule has 3 heterocycles. The number of aromatic nitrogens is 4. The van der Waals surface area contributed by atoms with E-state index in [1.54, 1.807) is 55.8 Å². The standard InChI is InChI=1S/C22H18N4O6/c1-28-14-7-8-16(18(11-14)29-2)20-25-19(32-26-20)13-30-22(27)17-6-4-10-24-21(17)31-15-5-3-9-23-12-15/h3-12H,13H2,1-2H3. The van der Waals surface area contributed by atoms with Crippen LogP contribution >= 0.6 is 0 Å². The fourth-order valence-electron chi connectivity index (χ4n) is 2.76. The average molecular weight is 434 g/mol. The third-order valence-electron chi connectivity index (χ3n) is 4.28. The van der Waals surface area contributed by atoms with E-state index in [0.29, 0.717) is 22.8 Å². The number of rotatable bonds is 8. The number of nitrogens with zero attached hydrogens (tertiary/aromatic N) is 4. The van der Waals surface area contributed by atoms with Crippen molar-refractivity contribution in [2.45, 2.75) is 6.61 Å². The summed E-state index contributed by atoms with van der Waals surface area (Å²) >= 11 is 0. The van der Waals surface area contributed by atoms with Crippen molar-refractivity contribution < 1.29 is 28.3 Å². The van der Waals surface area contributed by atoms with E-state index in [4.69, 9.17) is 23.5 Å². The molecule has 0 aliphatic heterocycles. The van der Waals surface area contributed by atoms with Gasteiger partial charge < -0.3 is 23.5 Å². The van der Waals surface area contributed by atoms with Gasteiger partial charge in [-0.15, -0.1) is 0 Å². The first-order valence-electron chi connectivity index (χ1n) is 9.43. The van der Waals surface area contributed by atoms with E-state index < -0.39 is 5.97 Å². The second-order valence-corrected chi connectivity index (χ2v) is 6.30. The number of benzene rings is 1. The lowest BCUT2D eigenvalue weighted by Crippen LogP contribution is -2.08.